The molecule has 1 amide bonds. The maximum Gasteiger partial charge on any atom is 0.262 e. The van der Waals surface area contributed by atoms with Gasteiger partial charge in [0.1, 0.15) is 0 Å². The third-order valence-electron chi connectivity index (χ3n) is 4.75. The van der Waals surface area contributed by atoms with Gasteiger partial charge in [0, 0.05) is 11.8 Å². The number of carbonyl (C=O) groups excluding carboxylic acids is 1. The van der Waals surface area contributed by atoms with Gasteiger partial charge in [-0.2, -0.15) is 0 Å². The number of hydrogen-bond donors (Lipinski definition) is 2. The lowest BCUT2D eigenvalue weighted by molar-refractivity contribution is 0.0950. The molecule has 150 valence electrons. The molecule has 0 fully saturated rings. The highest BCUT2D eigenvalue weighted by molar-refractivity contribution is 7.92. The molecular formula is C22H23N3O3S. The number of aromatic nitrogens is 1. The van der Waals surface area contributed by atoms with Crippen LogP contribution in [0.4, 0.5) is 5.69 Å². The topological polar surface area (TPSA) is 88.2 Å². The fourth-order valence-electron chi connectivity index (χ4n) is 2.87. The molecule has 0 aliphatic rings. The van der Waals surface area contributed by atoms with Crippen LogP contribution in [-0.4, -0.2) is 19.3 Å². The SMILES string of the molecule is Cc1ccc(C(=O)NCc2ccccn2)cc1S(=O)(=O)Nc1cccc(C)c1C. The highest BCUT2D eigenvalue weighted by Gasteiger charge is 2.20. The maximum atomic E-state index is 13.0. The third kappa shape index (κ3) is 4.81. The normalized spacial score (nSPS) is 11.1. The Labute approximate surface area is 171 Å². The van der Waals surface area contributed by atoms with E-state index in [4.69, 9.17) is 0 Å². The molecule has 0 spiro atoms. The maximum absolute atomic E-state index is 13.0. The summed E-state index contributed by atoms with van der Waals surface area (Å²) in [6.45, 7) is 5.75. The second-order valence-corrected chi connectivity index (χ2v) is 8.49. The van der Waals surface area contributed by atoms with Crippen LogP contribution in [0.1, 0.15) is 32.7 Å². The van der Waals surface area contributed by atoms with Gasteiger partial charge in [-0.3, -0.25) is 14.5 Å². The minimum Gasteiger partial charge on any atom is -0.346 e. The Morgan fingerprint density at radius 2 is 1.76 bits per heavy atom. The van der Waals surface area contributed by atoms with Gasteiger partial charge in [-0.25, -0.2) is 8.42 Å². The number of hydrogen-bond acceptors (Lipinski definition) is 4. The summed E-state index contributed by atoms with van der Waals surface area (Å²) in [5.41, 5.74) is 3.92. The monoisotopic (exact) mass is 409 g/mol. The largest absolute Gasteiger partial charge is 0.346 e. The van der Waals surface area contributed by atoms with Gasteiger partial charge in [0.25, 0.3) is 15.9 Å². The molecule has 0 saturated carbocycles. The molecule has 29 heavy (non-hydrogen) atoms. The van der Waals surface area contributed by atoms with Gasteiger partial charge in [-0.05, 0) is 67.8 Å². The number of anilines is 1. The van der Waals surface area contributed by atoms with Gasteiger partial charge in [-0.15, -0.1) is 0 Å². The quantitative estimate of drug-likeness (QED) is 0.649. The van der Waals surface area contributed by atoms with E-state index in [2.05, 4.69) is 15.0 Å². The van der Waals surface area contributed by atoms with Crippen molar-refractivity contribution in [1.29, 1.82) is 0 Å². The molecule has 0 radical (unpaired) electrons. The number of benzene rings is 2. The number of pyridine rings is 1. The predicted octanol–water partition coefficient (Wildman–Crippen LogP) is 3.74. The van der Waals surface area contributed by atoms with E-state index in [1.165, 1.54) is 6.07 Å². The van der Waals surface area contributed by atoms with E-state index in [-0.39, 0.29) is 22.9 Å². The highest BCUT2D eigenvalue weighted by atomic mass is 32.2. The molecule has 6 nitrogen and oxygen atoms in total. The van der Waals surface area contributed by atoms with E-state index < -0.39 is 10.0 Å². The smallest absolute Gasteiger partial charge is 0.262 e. The Hall–Kier alpha value is -3.19. The summed E-state index contributed by atoms with van der Waals surface area (Å²) in [6, 6.07) is 15.5. The van der Waals surface area contributed by atoms with Crippen LogP contribution in [0, 0.1) is 20.8 Å². The van der Waals surface area contributed by atoms with Crippen molar-refractivity contribution in [3.8, 4) is 0 Å². The van der Waals surface area contributed by atoms with Crippen LogP contribution in [0.3, 0.4) is 0 Å². The standard InChI is InChI=1S/C22H23N3O3S/c1-15-7-6-9-20(17(15)3)25-29(27,28)21-13-18(11-10-16(21)2)22(26)24-14-19-8-4-5-12-23-19/h4-13,25H,14H2,1-3H3,(H,24,26). The lowest BCUT2D eigenvalue weighted by Crippen LogP contribution is -2.24. The fraction of sp³-hybridized carbons (Fsp3) is 0.182. The van der Waals surface area contributed by atoms with Crippen LogP contribution in [0.25, 0.3) is 0 Å². The van der Waals surface area contributed by atoms with Gasteiger partial charge in [-0.1, -0.05) is 24.3 Å². The Morgan fingerprint density at radius 3 is 2.48 bits per heavy atom. The lowest BCUT2D eigenvalue weighted by Gasteiger charge is -2.14. The van der Waals surface area contributed by atoms with Crippen molar-refractivity contribution in [3.63, 3.8) is 0 Å². The average molecular weight is 410 g/mol. The van der Waals surface area contributed by atoms with Gasteiger partial charge in [0.2, 0.25) is 0 Å². The highest BCUT2D eigenvalue weighted by Crippen LogP contribution is 2.24. The number of nitrogens with zero attached hydrogens (tertiary/aromatic N) is 1. The molecule has 2 aromatic carbocycles. The Morgan fingerprint density at radius 1 is 0.966 bits per heavy atom. The van der Waals surface area contributed by atoms with E-state index in [0.29, 0.717) is 11.3 Å². The number of nitrogens with one attached hydrogen (secondary N) is 2. The van der Waals surface area contributed by atoms with Crippen LogP contribution < -0.4 is 10.0 Å². The summed E-state index contributed by atoms with van der Waals surface area (Å²) in [7, 11) is -3.85. The van der Waals surface area contributed by atoms with Crippen LogP contribution in [0.5, 0.6) is 0 Å². The Kier molecular flexibility index (Phi) is 5.98. The summed E-state index contributed by atoms with van der Waals surface area (Å²) in [5.74, 6) is -0.362. The Bertz CT molecular complexity index is 1140. The molecule has 1 aromatic heterocycles. The zero-order valence-corrected chi connectivity index (χ0v) is 17.4. The number of aryl methyl sites for hydroxylation is 2. The predicted molar refractivity (Wildman–Crippen MR) is 113 cm³/mol. The summed E-state index contributed by atoms with van der Waals surface area (Å²) in [4.78, 5) is 16.7. The second-order valence-electron chi connectivity index (χ2n) is 6.84. The number of rotatable bonds is 6. The van der Waals surface area contributed by atoms with E-state index >= 15 is 0 Å². The summed E-state index contributed by atoms with van der Waals surface area (Å²) < 4.78 is 28.6. The Balaban J connectivity index is 1.84. The number of sulfonamides is 1. The minimum atomic E-state index is -3.85. The van der Waals surface area contributed by atoms with Crippen LogP contribution in [-0.2, 0) is 16.6 Å². The first-order chi connectivity index (χ1) is 13.8. The third-order valence-corrected chi connectivity index (χ3v) is 6.25. The lowest BCUT2D eigenvalue weighted by atomic mass is 10.1. The van der Waals surface area contributed by atoms with Crippen molar-refractivity contribution in [1.82, 2.24) is 10.3 Å². The molecule has 3 aromatic rings. The van der Waals surface area contributed by atoms with Gasteiger partial charge in [0.15, 0.2) is 0 Å². The van der Waals surface area contributed by atoms with Crippen molar-refractivity contribution in [2.75, 3.05) is 4.72 Å². The molecule has 3 rings (SSSR count). The molecule has 7 heteroatoms. The van der Waals surface area contributed by atoms with E-state index in [0.717, 1.165) is 16.8 Å². The molecule has 0 saturated heterocycles. The van der Waals surface area contributed by atoms with Crippen molar-refractivity contribution >= 4 is 21.6 Å². The van der Waals surface area contributed by atoms with E-state index in [1.54, 1.807) is 49.5 Å². The molecule has 0 aliphatic heterocycles. The van der Waals surface area contributed by atoms with Crippen LogP contribution >= 0.6 is 0 Å². The first-order valence-corrected chi connectivity index (χ1v) is 10.6. The van der Waals surface area contributed by atoms with Crippen molar-refractivity contribution in [3.05, 3.63) is 88.7 Å². The van der Waals surface area contributed by atoms with Crippen LogP contribution in [0.15, 0.2) is 65.7 Å². The molecule has 0 unspecified atom stereocenters. The molecule has 1 heterocycles. The first-order valence-electron chi connectivity index (χ1n) is 9.16. The zero-order chi connectivity index (χ0) is 21.0. The minimum absolute atomic E-state index is 0.0730. The van der Waals surface area contributed by atoms with E-state index in [9.17, 15) is 13.2 Å². The molecule has 0 bridgehead atoms. The van der Waals surface area contributed by atoms with Crippen molar-refractivity contribution in [2.45, 2.75) is 32.2 Å². The summed E-state index contributed by atoms with van der Waals surface area (Å²) in [5, 5.41) is 2.76. The first kappa shape index (κ1) is 20.5. The van der Waals surface area contributed by atoms with Crippen molar-refractivity contribution in [2.24, 2.45) is 0 Å². The molecule has 0 aliphatic carbocycles. The summed E-state index contributed by atoms with van der Waals surface area (Å²) >= 11 is 0. The van der Waals surface area contributed by atoms with Gasteiger partial charge >= 0.3 is 0 Å². The number of amides is 1. The molecule has 0 atom stereocenters. The van der Waals surface area contributed by atoms with Crippen molar-refractivity contribution < 1.29 is 13.2 Å². The van der Waals surface area contributed by atoms with Gasteiger partial charge in [0.05, 0.1) is 22.8 Å². The summed E-state index contributed by atoms with van der Waals surface area (Å²) in [6.07, 6.45) is 1.65. The fourth-order valence-corrected chi connectivity index (χ4v) is 4.26. The van der Waals surface area contributed by atoms with Crippen LogP contribution in [0.2, 0.25) is 0 Å². The average Bonchev–Trinajstić information content (AvgIpc) is 2.70. The molecule has 2 N–H and O–H groups in total. The van der Waals surface area contributed by atoms with E-state index in [1.807, 2.05) is 26.0 Å². The molecular weight excluding hydrogens is 386 g/mol. The zero-order valence-electron chi connectivity index (χ0n) is 16.6. The van der Waals surface area contributed by atoms with Gasteiger partial charge < -0.3 is 5.32 Å². The second kappa shape index (κ2) is 8.45. The number of carbonyl (C=O) groups is 1.